The number of pyridine rings is 1. The molecule has 0 aromatic carbocycles. The minimum Gasteiger partial charge on any atom is -0.481 e. The predicted octanol–water partition coefficient (Wildman–Crippen LogP) is 3.66. The molecular weight excluding hydrogens is 337 g/mol. The van der Waals surface area contributed by atoms with Gasteiger partial charge < -0.3 is 10.0 Å². The van der Waals surface area contributed by atoms with Gasteiger partial charge in [-0.25, -0.2) is 4.98 Å². The van der Waals surface area contributed by atoms with E-state index in [9.17, 15) is 13.6 Å². The number of anilines is 1. The van der Waals surface area contributed by atoms with Gasteiger partial charge in [-0.15, -0.1) is 0 Å². The average molecular weight is 351 g/mol. The van der Waals surface area contributed by atoms with Gasteiger partial charge in [0.25, 0.3) is 5.92 Å². The summed E-state index contributed by atoms with van der Waals surface area (Å²) in [6.07, 6.45) is 0.159. The first kappa shape index (κ1) is 15.7. The molecule has 2 aliphatic rings. The molecule has 22 heavy (non-hydrogen) atoms. The van der Waals surface area contributed by atoms with Crippen molar-refractivity contribution in [3.8, 4) is 0 Å². The second kappa shape index (κ2) is 5.20. The lowest BCUT2D eigenvalue weighted by atomic mass is 10.1. The van der Waals surface area contributed by atoms with Crippen molar-refractivity contribution in [3.05, 3.63) is 21.9 Å². The van der Waals surface area contributed by atoms with E-state index in [2.05, 4.69) is 4.98 Å². The van der Waals surface area contributed by atoms with E-state index < -0.39 is 17.6 Å². The molecular formula is C14H14Cl2F2N2O2. The molecule has 1 aliphatic carbocycles. The zero-order chi connectivity index (χ0) is 16.2. The third kappa shape index (κ3) is 2.74. The van der Waals surface area contributed by atoms with E-state index in [1.165, 1.54) is 6.07 Å². The van der Waals surface area contributed by atoms with Gasteiger partial charge in [0.15, 0.2) is 0 Å². The van der Waals surface area contributed by atoms with Gasteiger partial charge in [-0.1, -0.05) is 23.2 Å². The number of carbonyl (C=O) groups is 1. The minimum atomic E-state index is -3.18. The number of fused-ring (bicyclic) bond motifs is 1. The van der Waals surface area contributed by atoms with E-state index in [1.54, 1.807) is 0 Å². The number of hydrogen-bond donors (Lipinski definition) is 1. The van der Waals surface area contributed by atoms with Gasteiger partial charge in [-0.05, 0) is 17.8 Å². The van der Waals surface area contributed by atoms with E-state index >= 15 is 0 Å². The number of piperidine rings is 1. The van der Waals surface area contributed by atoms with E-state index in [0.29, 0.717) is 18.8 Å². The topological polar surface area (TPSA) is 53.4 Å². The normalized spacial score (nSPS) is 27.0. The largest absolute Gasteiger partial charge is 0.481 e. The Labute approximate surface area is 136 Å². The first-order chi connectivity index (χ1) is 10.2. The van der Waals surface area contributed by atoms with Crippen LogP contribution in [0.5, 0.6) is 0 Å². The van der Waals surface area contributed by atoms with Crippen LogP contribution in [0.4, 0.5) is 14.5 Å². The number of aliphatic carboxylic acids is 1. The predicted molar refractivity (Wildman–Crippen MR) is 78.8 cm³/mol. The summed E-state index contributed by atoms with van der Waals surface area (Å²) < 4.78 is 27.1. The number of carboxylic acids is 1. The smallest absolute Gasteiger partial charge is 0.303 e. The van der Waals surface area contributed by atoms with Gasteiger partial charge in [0.05, 0.1) is 10.7 Å². The van der Waals surface area contributed by atoms with Crippen molar-refractivity contribution in [3.63, 3.8) is 0 Å². The Morgan fingerprint density at radius 2 is 2.05 bits per heavy atom. The number of nitrogens with zero attached hydrogens (tertiary/aromatic N) is 2. The Bertz CT molecular complexity index is 624. The highest BCUT2D eigenvalue weighted by Crippen LogP contribution is 2.55. The molecule has 0 bridgehead atoms. The zero-order valence-electron chi connectivity index (χ0n) is 11.7. The lowest BCUT2D eigenvalue weighted by molar-refractivity contribution is -0.137. The summed E-state index contributed by atoms with van der Waals surface area (Å²) in [4.78, 5) is 16.3. The summed E-state index contributed by atoms with van der Waals surface area (Å²) in [5, 5.41) is 8.71. The molecule has 1 aliphatic heterocycles. The zero-order valence-corrected chi connectivity index (χ0v) is 13.2. The molecule has 8 heteroatoms. The van der Waals surface area contributed by atoms with Crippen molar-refractivity contribution < 1.29 is 18.7 Å². The molecule has 3 atom stereocenters. The molecule has 2 fully saturated rings. The van der Waals surface area contributed by atoms with Crippen LogP contribution in [0, 0.1) is 17.8 Å². The second-order valence-corrected chi connectivity index (χ2v) is 6.77. The minimum absolute atomic E-state index is 0.0291. The van der Waals surface area contributed by atoms with Crippen LogP contribution >= 0.6 is 23.2 Å². The maximum absolute atomic E-state index is 13.6. The van der Waals surface area contributed by atoms with Crippen LogP contribution in [0.3, 0.4) is 0 Å². The lowest BCUT2D eigenvalue weighted by Gasteiger charge is -2.25. The van der Waals surface area contributed by atoms with Crippen LogP contribution in [0.25, 0.3) is 0 Å². The van der Waals surface area contributed by atoms with E-state index in [4.69, 9.17) is 28.3 Å². The van der Waals surface area contributed by atoms with Crippen LogP contribution in [0.15, 0.2) is 6.07 Å². The Morgan fingerprint density at radius 3 is 2.55 bits per heavy atom. The van der Waals surface area contributed by atoms with Gasteiger partial charge in [0.2, 0.25) is 0 Å². The fourth-order valence-corrected chi connectivity index (χ4v) is 3.93. The highest BCUT2D eigenvalue weighted by molar-refractivity contribution is 6.35. The highest BCUT2D eigenvalue weighted by atomic mass is 35.5. The lowest BCUT2D eigenvalue weighted by Crippen LogP contribution is -2.26. The first-order valence-electron chi connectivity index (χ1n) is 6.89. The average Bonchev–Trinajstić information content (AvgIpc) is 2.84. The molecule has 1 aromatic heterocycles. The Morgan fingerprint density at radius 1 is 1.45 bits per heavy atom. The molecule has 2 heterocycles. The summed E-state index contributed by atoms with van der Waals surface area (Å²) in [5.74, 6) is -3.24. The number of alkyl halides is 2. The van der Waals surface area contributed by atoms with E-state index in [-0.39, 0.29) is 34.4 Å². The highest BCUT2D eigenvalue weighted by Gasteiger charge is 2.56. The molecule has 3 rings (SSSR count). The number of rotatable bonds is 4. The summed E-state index contributed by atoms with van der Waals surface area (Å²) in [7, 11) is 0. The van der Waals surface area contributed by atoms with Crippen molar-refractivity contribution >= 4 is 34.9 Å². The maximum Gasteiger partial charge on any atom is 0.303 e. The SMILES string of the molecule is CC(F)(F)c1nc(Cl)cc(N2C[C@@H]3[C@@H](CC(=O)O)[C@@H]3C2)c1Cl. The van der Waals surface area contributed by atoms with Gasteiger partial charge in [-0.2, -0.15) is 8.78 Å². The standard InChI is InChI=1S/C14H14Cl2F2N2O2/c1-14(17,18)13-12(16)9(3-10(15)19-13)20-4-7-6(2-11(21)22)8(7)5-20/h3,6-8H,2,4-5H2,1H3,(H,21,22)/t6-,7-,8+. The number of aromatic nitrogens is 1. The quantitative estimate of drug-likeness (QED) is 0.842. The summed E-state index contributed by atoms with van der Waals surface area (Å²) in [6.45, 7) is 1.94. The van der Waals surface area contributed by atoms with Gasteiger partial charge >= 0.3 is 5.97 Å². The Kier molecular flexibility index (Phi) is 3.72. The van der Waals surface area contributed by atoms with Crippen LogP contribution < -0.4 is 4.90 Å². The molecule has 0 unspecified atom stereocenters. The fourth-order valence-electron chi connectivity index (χ4n) is 3.36. The third-order valence-corrected chi connectivity index (χ3v) is 5.01. The van der Waals surface area contributed by atoms with Crippen LogP contribution in [-0.2, 0) is 10.7 Å². The van der Waals surface area contributed by atoms with Crippen molar-refractivity contribution in [2.24, 2.45) is 17.8 Å². The van der Waals surface area contributed by atoms with Gasteiger partial charge in [0.1, 0.15) is 10.8 Å². The Balaban J connectivity index is 1.81. The van der Waals surface area contributed by atoms with Crippen molar-refractivity contribution in [2.45, 2.75) is 19.3 Å². The molecule has 1 saturated heterocycles. The monoisotopic (exact) mass is 350 g/mol. The second-order valence-electron chi connectivity index (χ2n) is 6.01. The summed E-state index contributed by atoms with van der Waals surface area (Å²) in [6, 6.07) is 1.48. The van der Waals surface area contributed by atoms with Crippen LogP contribution in [-0.4, -0.2) is 29.1 Å². The Hall–Kier alpha value is -1.14. The van der Waals surface area contributed by atoms with Crippen molar-refractivity contribution in [1.82, 2.24) is 4.98 Å². The first-order valence-corrected chi connectivity index (χ1v) is 7.65. The number of hydrogen-bond acceptors (Lipinski definition) is 3. The molecule has 1 saturated carbocycles. The number of carboxylic acid groups (broad SMARTS) is 1. The third-order valence-electron chi connectivity index (χ3n) is 4.45. The number of halogens is 4. The van der Waals surface area contributed by atoms with Gasteiger partial charge in [-0.3, -0.25) is 4.79 Å². The molecule has 120 valence electrons. The van der Waals surface area contributed by atoms with Gasteiger partial charge in [0, 0.05) is 32.5 Å². The van der Waals surface area contributed by atoms with E-state index in [0.717, 1.165) is 6.92 Å². The van der Waals surface area contributed by atoms with Crippen molar-refractivity contribution in [2.75, 3.05) is 18.0 Å². The molecule has 0 radical (unpaired) electrons. The molecule has 0 spiro atoms. The molecule has 1 N–H and O–H groups in total. The molecule has 0 amide bonds. The van der Waals surface area contributed by atoms with Crippen molar-refractivity contribution in [1.29, 1.82) is 0 Å². The summed E-state index contributed by atoms with van der Waals surface area (Å²) >= 11 is 11.9. The maximum atomic E-state index is 13.6. The molecule has 1 aromatic rings. The van der Waals surface area contributed by atoms with E-state index in [1.807, 2.05) is 4.90 Å². The summed E-state index contributed by atoms with van der Waals surface area (Å²) in [5.41, 5.74) is -0.0845. The fraction of sp³-hybridized carbons (Fsp3) is 0.571. The van der Waals surface area contributed by atoms with Crippen LogP contribution in [0.1, 0.15) is 19.0 Å². The van der Waals surface area contributed by atoms with Crippen LogP contribution in [0.2, 0.25) is 10.2 Å². The molecule has 4 nitrogen and oxygen atoms in total.